The molecule has 2 N–H and O–H groups in total. The van der Waals surface area contributed by atoms with Crippen LogP contribution in [0.3, 0.4) is 0 Å². The molecule has 0 spiro atoms. The van der Waals surface area contributed by atoms with Crippen molar-refractivity contribution in [2.24, 2.45) is 11.7 Å². The zero-order valence-electron chi connectivity index (χ0n) is 14.9. The van der Waals surface area contributed by atoms with E-state index in [9.17, 15) is 4.79 Å². The molecule has 0 aliphatic heterocycles. The van der Waals surface area contributed by atoms with Gasteiger partial charge in [-0.15, -0.1) is 0 Å². The lowest BCUT2D eigenvalue weighted by atomic mass is 10.0. The summed E-state index contributed by atoms with van der Waals surface area (Å²) in [6.45, 7) is 10.6. The first-order valence-electron chi connectivity index (χ1n) is 8.07. The molecule has 2 rings (SSSR count). The quantitative estimate of drug-likeness (QED) is 0.916. The van der Waals surface area contributed by atoms with Gasteiger partial charge in [-0.2, -0.15) is 5.10 Å². The maximum absolute atomic E-state index is 12.8. The molecular formula is C17H27N5O. The summed E-state index contributed by atoms with van der Waals surface area (Å²) < 4.78 is 1.74. The molecule has 0 fully saturated rings. The molecule has 1 amide bonds. The highest BCUT2D eigenvalue weighted by Gasteiger charge is 2.23. The summed E-state index contributed by atoms with van der Waals surface area (Å²) in [7, 11) is 1.81. The Balaban J connectivity index is 2.29. The van der Waals surface area contributed by atoms with Crippen LogP contribution in [0.5, 0.6) is 0 Å². The third kappa shape index (κ3) is 3.52. The molecular weight excluding hydrogens is 290 g/mol. The molecule has 2 aromatic heterocycles. The lowest BCUT2D eigenvalue weighted by Crippen LogP contribution is -2.34. The maximum Gasteiger partial charge on any atom is 0.259 e. The first-order valence-corrected chi connectivity index (χ1v) is 8.07. The van der Waals surface area contributed by atoms with Gasteiger partial charge in [0.05, 0.1) is 5.69 Å². The molecule has 6 heteroatoms. The molecule has 2 aromatic rings. The summed E-state index contributed by atoms with van der Waals surface area (Å²) in [5.74, 6) is 0.357. The zero-order chi connectivity index (χ0) is 17.3. The number of aryl methyl sites for hydroxylation is 3. The molecule has 0 saturated heterocycles. The minimum atomic E-state index is -0.0500. The molecule has 0 bridgehead atoms. The average molecular weight is 317 g/mol. The fourth-order valence-corrected chi connectivity index (χ4v) is 2.65. The highest BCUT2D eigenvalue weighted by Crippen LogP contribution is 2.18. The number of aromatic nitrogens is 3. The van der Waals surface area contributed by atoms with Crippen LogP contribution < -0.4 is 5.73 Å². The minimum Gasteiger partial charge on any atom is -0.341 e. The summed E-state index contributed by atoms with van der Waals surface area (Å²) in [5.41, 5.74) is 9.85. The van der Waals surface area contributed by atoms with Crippen molar-refractivity contribution < 1.29 is 4.79 Å². The number of amides is 1. The highest BCUT2D eigenvalue weighted by atomic mass is 16.2. The van der Waals surface area contributed by atoms with Crippen LogP contribution in [0.1, 0.15) is 47.7 Å². The van der Waals surface area contributed by atoms with Crippen molar-refractivity contribution >= 4 is 11.6 Å². The van der Waals surface area contributed by atoms with E-state index in [0.717, 1.165) is 17.8 Å². The van der Waals surface area contributed by atoms with Crippen LogP contribution in [0, 0.1) is 26.7 Å². The molecule has 0 aliphatic rings. The number of carbonyl (C=O) groups is 1. The largest absolute Gasteiger partial charge is 0.341 e. The van der Waals surface area contributed by atoms with Gasteiger partial charge in [0, 0.05) is 31.0 Å². The number of hydrogen-bond donors (Lipinski definition) is 1. The van der Waals surface area contributed by atoms with Gasteiger partial charge in [-0.3, -0.25) is 4.79 Å². The Hall–Kier alpha value is -1.95. The Morgan fingerprint density at radius 3 is 2.61 bits per heavy atom. The van der Waals surface area contributed by atoms with Gasteiger partial charge in [-0.1, -0.05) is 13.8 Å². The molecule has 0 aliphatic carbocycles. The number of hydrogen-bond acceptors (Lipinski definition) is 4. The molecule has 2 heterocycles. The monoisotopic (exact) mass is 317 g/mol. The van der Waals surface area contributed by atoms with E-state index in [-0.39, 0.29) is 11.9 Å². The topological polar surface area (TPSA) is 76.5 Å². The first-order chi connectivity index (χ1) is 10.7. The van der Waals surface area contributed by atoms with E-state index in [0.29, 0.717) is 29.4 Å². The van der Waals surface area contributed by atoms with Crippen molar-refractivity contribution in [1.29, 1.82) is 0 Å². The molecule has 23 heavy (non-hydrogen) atoms. The van der Waals surface area contributed by atoms with Crippen molar-refractivity contribution in [3.05, 3.63) is 28.7 Å². The third-order valence-electron chi connectivity index (χ3n) is 4.28. The molecule has 126 valence electrons. The lowest BCUT2D eigenvalue weighted by molar-refractivity contribution is 0.0790. The van der Waals surface area contributed by atoms with E-state index in [2.05, 4.69) is 23.9 Å². The van der Waals surface area contributed by atoms with E-state index in [1.807, 2.05) is 26.8 Å². The highest BCUT2D eigenvalue weighted by molar-refractivity contribution is 6.00. The van der Waals surface area contributed by atoms with Crippen LogP contribution >= 0.6 is 0 Å². The van der Waals surface area contributed by atoms with Gasteiger partial charge in [-0.05, 0) is 39.2 Å². The summed E-state index contributed by atoms with van der Waals surface area (Å²) in [6, 6.07) is 2.05. The van der Waals surface area contributed by atoms with Gasteiger partial charge in [0.25, 0.3) is 5.91 Å². The zero-order valence-corrected chi connectivity index (χ0v) is 14.9. The van der Waals surface area contributed by atoms with E-state index in [1.54, 1.807) is 16.5 Å². The average Bonchev–Trinajstić information content (AvgIpc) is 2.79. The Labute approximate surface area is 137 Å². The van der Waals surface area contributed by atoms with Crippen LogP contribution in [0.15, 0.2) is 6.07 Å². The van der Waals surface area contributed by atoms with Crippen molar-refractivity contribution in [3.8, 4) is 0 Å². The van der Waals surface area contributed by atoms with E-state index in [4.69, 9.17) is 5.73 Å². The molecule has 6 nitrogen and oxygen atoms in total. The summed E-state index contributed by atoms with van der Waals surface area (Å²) in [6.07, 6.45) is 0.781. The predicted molar refractivity (Wildman–Crippen MR) is 91.6 cm³/mol. The molecule has 0 aromatic carbocycles. The Kier molecular flexibility index (Phi) is 5.04. The Morgan fingerprint density at radius 2 is 2.00 bits per heavy atom. The predicted octanol–water partition coefficient (Wildman–Crippen LogP) is 2.10. The van der Waals surface area contributed by atoms with Gasteiger partial charge in [-0.25, -0.2) is 9.50 Å². The number of nitrogens with two attached hydrogens (primary N) is 1. The van der Waals surface area contributed by atoms with Crippen LogP contribution in [0.25, 0.3) is 5.65 Å². The lowest BCUT2D eigenvalue weighted by Gasteiger charge is -2.21. The van der Waals surface area contributed by atoms with Crippen molar-refractivity contribution in [1.82, 2.24) is 19.5 Å². The second-order valence-electron chi connectivity index (χ2n) is 6.66. The van der Waals surface area contributed by atoms with E-state index >= 15 is 0 Å². The van der Waals surface area contributed by atoms with Crippen LogP contribution in [0.4, 0.5) is 0 Å². The number of rotatable bonds is 5. The van der Waals surface area contributed by atoms with Gasteiger partial charge >= 0.3 is 0 Å². The standard InChI is InChI=1S/C17H27N5O/c1-10(2)14(18)7-8-21(6)17(23)15-13(5)20-22-12(4)9-11(3)19-16(15)22/h9-10,14H,7-8,18H2,1-6H3. The van der Waals surface area contributed by atoms with Crippen LogP contribution in [-0.2, 0) is 0 Å². The normalized spacial score (nSPS) is 12.9. The van der Waals surface area contributed by atoms with E-state index in [1.165, 1.54) is 0 Å². The number of fused-ring (bicyclic) bond motifs is 1. The number of carbonyl (C=O) groups excluding carboxylic acids is 1. The second-order valence-corrected chi connectivity index (χ2v) is 6.66. The van der Waals surface area contributed by atoms with E-state index < -0.39 is 0 Å². The Bertz CT molecular complexity index is 719. The first kappa shape index (κ1) is 17.4. The minimum absolute atomic E-state index is 0.0500. The van der Waals surface area contributed by atoms with Crippen LogP contribution in [0.2, 0.25) is 0 Å². The fraction of sp³-hybridized carbons (Fsp3) is 0.588. The molecule has 0 radical (unpaired) electrons. The van der Waals surface area contributed by atoms with Gasteiger partial charge < -0.3 is 10.6 Å². The Morgan fingerprint density at radius 1 is 1.35 bits per heavy atom. The molecule has 0 saturated carbocycles. The maximum atomic E-state index is 12.8. The van der Waals surface area contributed by atoms with Crippen molar-refractivity contribution in [2.75, 3.05) is 13.6 Å². The summed E-state index contributed by atoms with van der Waals surface area (Å²) in [5, 5.41) is 4.46. The van der Waals surface area contributed by atoms with Gasteiger partial charge in [0.2, 0.25) is 0 Å². The van der Waals surface area contributed by atoms with Crippen LogP contribution in [-0.4, -0.2) is 45.0 Å². The molecule has 1 atom stereocenters. The van der Waals surface area contributed by atoms with Crippen molar-refractivity contribution in [2.45, 2.75) is 47.1 Å². The third-order valence-corrected chi connectivity index (χ3v) is 4.28. The fourth-order valence-electron chi connectivity index (χ4n) is 2.65. The summed E-state index contributed by atoms with van der Waals surface area (Å²) >= 11 is 0. The summed E-state index contributed by atoms with van der Waals surface area (Å²) in [4.78, 5) is 19.1. The van der Waals surface area contributed by atoms with Crippen molar-refractivity contribution in [3.63, 3.8) is 0 Å². The molecule has 1 unspecified atom stereocenters. The second kappa shape index (κ2) is 6.66. The number of nitrogens with zero attached hydrogens (tertiary/aromatic N) is 4. The van der Waals surface area contributed by atoms with Gasteiger partial charge in [0.1, 0.15) is 5.56 Å². The SMILES string of the molecule is Cc1cc(C)n2nc(C)c(C(=O)N(C)CCC(N)C(C)C)c2n1. The van der Waals surface area contributed by atoms with Gasteiger partial charge in [0.15, 0.2) is 5.65 Å². The smallest absolute Gasteiger partial charge is 0.259 e.